The number of amides is 2. The fourth-order valence-corrected chi connectivity index (χ4v) is 5.71. The van der Waals surface area contributed by atoms with Gasteiger partial charge in [0.05, 0.1) is 23.6 Å². The highest BCUT2D eigenvalue weighted by molar-refractivity contribution is 9.10. The van der Waals surface area contributed by atoms with Gasteiger partial charge >= 0.3 is 0 Å². The number of imide groups is 1. The summed E-state index contributed by atoms with van der Waals surface area (Å²) in [6.07, 6.45) is 1.19. The van der Waals surface area contributed by atoms with Gasteiger partial charge in [-0.3, -0.25) is 9.59 Å². The zero-order valence-electron chi connectivity index (χ0n) is 16.3. The maximum absolute atomic E-state index is 13.3. The van der Waals surface area contributed by atoms with E-state index < -0.39 is 27.9 Å². The molecule has 1 atom stereocenters. The van der Waals surface area contributed by atoms with Crippen LogP contribution in [0.15, 0.2) is 57.9 Å². The summed E-state index contributed by atoms with van der Waals surface area (Å²) in [7, 11) is -3.92. The zero-order valence-corrected chi connectivity index (χ0v) is 18.7. The quantitative estimate of drug-likeness (QED) is 0.553. The van der Waals surface area contributed by atoms with Gasteiger partial charge in [0.25, 0.3) is 5.91 Å². The fraction of sp³-hybridized carbons (Fsp3) is 0.333. The lowest BCUT2D eigenvalue weighted by Crippen LogP contribution is -2.46. The third-order valence-corrected chi connectivity index (χ3v) is 7.64. The van der Waals surface area contributed by atoms with Crippen LogP contribution in [0.4, 0.5) is 5.69 Å². The van der Waals surface area contributed by atoms with Crippen LogP contribution in [0, 0.1) is 0 Å². The molecule has 1 unspecified atom stereocenters. The van der Waals surface area contributed by atoms with Gasteiger partial charge in [0.1, 0.15) is 11.8 Å². The molecule has 30 heavy (non-hydrogen) atoms. The number of anilines is 1. The monoisotopic (exact) mass is 492 g/mol. The van der Waals surface area contributed by atoms with Crippen LogP contribution in [0.1, 0.15) is 26.2 Å². The molecule has 2 fully saturated rings. The summed E-state index contributed by atoms with van der Waals surface area (Å²) in [5, 5.41) is 0. The number of halogens is 1. The van der Waals surface area contributed by atoms with Crippen LogP contribution in [-0.4, -0.2) is 43.2 Å². The Morgan fingerprint density at radius 2 is 1.70 bits per heavy atom. The van der Waals surface area contributed by atoms with Crippen LogP contribution in [0.25, 0.3) is 0 Å². The summed E-state index contributed by atoms with van der Waals surface area (Å²) in [5.74, 6) is -0.295. The Hall–Kier alpha value is -2.23. The van der Waals surface area contributed by atoms with Crippen LogP contribution >= 0.6 is 15.9 Å². The van der Waals surface area contributed by atoms with Gasteiger partial charge in [-0.15, -0.1) is 0 Å². The number of nitrogens with zero attached hydrogens (tertiary/aromatic N) is 2. The predicted molar refractivity (Wildman–Crippen MR) is 115 cm³/mol. The Balaban J connectivity index is 1.64. The SMILES string of the molecule is CCOc1ccc(N2C(=O)CC(N(C3CC3)S(=O)(=O)c3ccc(Br)cc3)C2=O)cc1. The number of rotatable bonds is 7. The van der Waals surface area contributed by atoms with Crippen molar-refractivity contribution in [2.24, 2.45) is 0 Å². The smallest absolute Gasteiger partial charge is 0.252 e. The molecule has 1 heterocycles. The van der Waals surface area contributed by atoms with Crippen molar-refractivity contribution in [2.45, 2.75) is 43.2 Å². The Bertz CT molecular complexity index is 1070. The number of benzene rings is 2. The molecule has 1 aliphatic carbocycles. The van der Waals surface area contributed by atoms with Crippen LogP contribution < -0.4 is 9.64 Å². The summed E-state index contributed by atoms with van der Waals surface area (Å²) in [5.41, 5.74) is 0.410. The van der Waals surface area contributed by atoms with Crippen LogP contribution in [0.3, 0.4) is 0 Å². The first-order chi connectivity index (χ1) is 14.3. The van der Waals surface area contributed by atoms with Gasteiger partial charge in [0, 0.05) is 10.5 Å². The van der Waals surface area contributed by atoms with Gasteiger partial charge in [-0.05, 0) is 68.3 Å². The minimum Gasteiger partial charge on any atom is -0.494 e. The molecule has 0 aromatic heterocycles. The third-order valence-electron chi connectivity index (χ3n) is 5.13. The average Bonchev–Trinajstić information content (AvgIpc) is 3.49. The molecule has 1 saturated carbocycles. The number of carbonyl (C=O) groups excluding carboxylic acids is 2. The van der Waals surface area contributed by atoms with E-state index in [4.69, 9.17) is 4.74 Å². The fourth-order valence-electron chi connectivity index (χ4n) is 3.62. The minimum absolute atomic E-state index is 0.109. The average molecular weight is 493 g/mol. The van der Waals surface area contributed by atoms with Gasteiger partial charge in [-0.25, -0.2) is 13.3 Å². The third kappa shape index (κ3) is 3.89. The number of sulfonamides is 1. The second-order valence-corrected chi connectivity index (χ2v) is 9.99. The van der Waals surface area contributed by atoms with Gasteiger partial charge in [-0.1, -0.05) is 15.9 Å². The molecule has 158 valence electrons. The molecular weight excluding hydrogens is 472 g/mol. The minimum atomic E-state index is -3.92. The highest BCUT2D eigenvalue weighted by Crippen LogP contribution is 2.38. The van der Waals surface area contributed by atoms with E-state index in [9.17, 15) is 18.0 Å². The van der Waals surface area contributed by atoms with Crippen LogP contribution in [0.2, 0.25) is 0 Å². The molecule has 2 aromatic carbocycles. The predicted octanol–water partition coefficient (Wildman–Crippen LogP) is 3.33. The summed E-state index contributed by atoms with van der Waals surface area (Å²) < 4.78 is 34.1. The molecule has 0 spiro atoms. The highest BCUT2D eigenvalue weighted by Gasteiger charge is 2.51. The first-order valence-corrected chi connectivity index (χ1v) is 11.9. The van der Waals surface area contributed by atoms with Crippen molar-refractivity contribution in [3.05, 3.63) is 53.0 Å². The number of hydrogen-bond donors (Lipinski definition) is 0. The van der Waals surface area contributed by atoms with E-state index in [0.29, 0.717) is 30.9 Å². The van der Waals surface area contributed by atoms with Gasteiger partial charge in [0.2, 0.25) is 15.9 Å². The maximum atomic E-state index is 13.3. The van der Waals surface area contributed by atoms with Crippen molar-refractivity contribution < 1.29 is 22.7 Å². The molecule has 7 nitrogen and oxygen atoms in total. The van der Waals surface area contributed by atoms with E-state index in [-0.39, 0.29) is 17.4 Å². The molecule has 0 radical (unpaired) electrons. The zero-order chi connectivity index (χ0) is 21.5. The van der Waals surface area contributed by atoms with Gasteiger partial charge < -0.3 is 4.74 Å². The Kier molecular flexibility index (Phi) is 5.69. The molecule has 4 rings (SSSR count). The van der Waals surface area contributed by atoms with Crippen LogP contribution in [0.5, 0.6) is 5.75 Å². The largest absolute Gasteiger partial charge is 0.494 e. The molecule has 0 bridgehead atoms. The number of hydrogen-bond acceptors (Lipinski definition) is 5. The van der Waals surface area contributed by atoms with Crippen molar-refractivity contribution >= 4 is 43.5 Å². The second-order valence-electron chi connectivity index (χ2n) is 7.23. The summed E-state index contributed by atoms with van der Waals surface area (Å²) in [6.45, 7) is 2.37. The highest BCUT2D eigenvalue weighted by atomic mass is 79.9. The van der Waals surface area contributed by atoms with E-state index in [1.807, 2.05) is 6.92 Å². The molecule has 2 aliphatic rings. The van der Waals surface area contributed by atoms with Crippen molar-refractivity contribution in [2.75, 3.05) is 11.5 Å². The van der Waals surface area contributed by atoms with Crippen LogP contribution in [-0.2, 0) is 19.6 Å². The van der Waals surface area contributed by atoms with E-state index in [1.165, 1.54) is 16.4 Å². The van der Waals surface area contributed by atoms with Crippen molar-refractivity contribution in [3.8, 4) is 5.75 Å². The molecule has 0 N–H and O–H groups in total. The first kappa shape index (κ1) is 21.0. The lowest BCUT2D eigenvalue weighted by atomic mass is 10.2. The second kappa shape index (κ2) is 8.13. The lowest BCUT2D eigenvalue weighted by molar-refractivity contribution is -0.122. The topological polar surface area (TPSA) is 84.0 Å². The van der Waals surface area contributed by atoms with E-state index in [0.717, 1.165) is 9.37 Å². The first-order valence-electron chi connectivity index (χ1n) is 9.71. The Morgan fingerprint density at radius 1 is 1.07 bits per heavy atom. The van der Waals surface area contributed by atoms with E-state index >= 15 is 0 Å². The van der Waals surface area contributed by atoms with E-state index in [1.54, 1.807) is 36.4 Å². The Labute approximate surface area is 183 Å². The molecule has 1 aliphatic heterocycles. The summed E-state index contributed by atoms with van der Waals surface area (Å²) in [4.78, 5) is 27.1. The van der Waals surface area contributed by atoms with E-state index in [2.05, 4.69) is 15.9 Å². The normalized spacial score (nSPS) is 19.6. The standard InChI is InChI=1S/C21H21BrN2O5S/c1-2-29-17-9-7-15(8-10-17)23-20(25)13-19(21(23)26)24(16-5-6-16)30(27,28)18-11-3-14(22)4-12-18/h3-4,7-12,16,19H,2,5-6,13H2,1H3. The van der Waals surface area contributed by atoms with Crippen molar-refractivity contribution in [3.63, 3.8) is 0 Å². The molecule has 9 heteroatoms. The maximum Gasteiger partial charge on any atom is 0.252 e. The van der Waals surface area contributed by atoms with Gasteiger partial charge in [0.15, 0.2) is 0 Å². The Morgan fingerprint density at radius 3 is 2.27 bits per heavy atom. The molecular formula is C21H21BrN2O5S. The number of carbonyl (C=O) groups is 2. The molecule has 2 amide bonds. The van der Waals surface area contributed by atoms with Gasteiger partial charge in [-0.2, -0.15) is 4.31 Å². The summed E-state index contributed by atoms with van der Waals surface area (Å²) >= 11 is 3.30. The van der Waals surface area contributed by atoms with Crippen molar-refractivity contribution in [1.82, 2.24) is 4.31 Å². The lowest BCUT2D eigenvalue weighted by Gasteiger charge is -2.26. The van der Waals surface area contributed by atoms with Crippen molar-refractivity contribution in [1.29, 1.82) is 0 Å². The summed E-state index contributed by atoms with van der Waals surface area (Å²) in [6, 6.07) is 11.6. The molecule has 1 saturated heterocycles. The molecule has 2 aromatic rings. The number of ether oxygens (including phenoxy) is 1.